The van der Waals surface area contributed by atoms with Crippen molar-refractivity contribution >= 4 is 164 Å². The molecule has 0 aromatic rings. The fourth-order valence-corrected chi connectivity index (χ4v) is 2.82. The van der Waals surface area contributed by atoms with Crippen LogP contribution in [0, 0.1) is 0 Å². The molecule has 0 aliphatic heterocycles. The van der Waals surface area contributed by atoms with Gasteiger partial charge in [-0.1, -0.05) is 15.5 Å². The van der Waals surface area contributed by atoms with Crippen molar-refractivity contribution in [2.24, 2.45) is 0 Å². The molecule has 0 spiro atoms. The van der Waals surface area contributed by atoms with Crippen LogP contribution in [-0.4, -0.2) is 164 Å². The quantitative estimate of drug-likeness (QED) is 0.340. The minimum atomic E-state index is -0.780. The van der Waals surface area contributed by atoms with E-state index in [0.717, 1.165) is 0 Å². The molecule has 21 radical (unpaired) electrons. The van der Waals surface area contributed by atoms with E-state index < -0.39 is 31.9 Å². The average molecular weight is 255 g/mol. The zero-order valence-corrected chi connectivity index (χ0v) is 12.1. The highest BCUT2D eigenvalue weighted by Gasteiger charge is 2.45. The molecular formula is H6B23-2. The fraction of sp³-hybridized carbons (Fsp3) is 0. The maximum absolute atomic E-state index is 6.28. The first kappa shape index (κ1) is 24.5. The van der Waals surface area contributed by atoms with Gasteiger partial charge >= 0.3 is 0 Å². The molecule has 0 saturated heterocycles. The van der Waals surface area contributed by atoms with Crippen LogP contribution in [0.4, 0.5) is 0 Å². The van der Waals surface area contributed by atoms with Gasteiger partial charge in [-0.05, 0) is 135 Å². The topological polar surface area (TPSA) is 0 Å². The first-order valence-electron chi connectivity index (χ1n) is 6.67. The number of hydrogen-bond donors (Lipinski definition) is 0. The predicted molar refractivity (Wildman–Crippen MR) is 141 cm³/mol. The van der Waals surface area contributed by atoms with E-state index in [4.69, 9.17) is 77.4 Å². The summed E-state index contributed by atoms with van der Waals surface area (Å²) in [5, 5.41) is 0. The molecule has 0 amide bonds. The summed E-state index contributed by atoms with van der Waals surface area (Å²) in [6, 6.07) is 0. The smallest absolute Gasteiger partial charge is 0.0000000126 e. The predicted octanol–water partition coefficient (Wildman–Crippen LogP) is -10.4. The van der Waals surface area contributed by atoms with Gasteiger partial charge in [-0.3, -0.25) is 0 Å². The van der Waals surface area contributed by atoms with Gasteiger partial charge in [0.15, 0.2) is 0 Å². The maximum atomic E-state index is 6.28. The van der Waals surface area contributed by atoms with Gasteiger partial charge in [0.1, 0.15) is 0 Å². The second-order valence-corrected chi connectivity index (χ2v) is 5.39. The van der Waals surface area contributed by atoms with Gasteiger partial charge < -0.3 is 0 Å². The van der Waals surface area contributed by atoms with E-state index >= 15 is 0 Å². The minimum absolute atomic E-state index is 0.0626. The highest BCUT2D eigenvalue weighted by atomic mass is 13.3. The van der Waals surface area contributed by atoms with Crippen LogP contribution in [0.25, 0.3) is 0 Å². The second-order valence-electron chi connectivity index (χ2n) is 5.39. The van der Waals surface area contributed by atoms with Gasteiger partial charge in [0.05, 0.1) is 0 Å². The summed E-state index contributed by atoms with van der Waals surface area (Å²) in [7, 11) is 62.2. The summed E-state index contributed by atoms with van der Waals surface area (Å²) in [4.78, 5) is 0. The van der Waals surface area contributed by atoms with E-state index in [9.17, 15) is 0 Å². The van der Waals surface area contributed by atoms with Gasteiger partial charge in [-0.15, -0.1) is 6.39 Å². The molecule has 77 valence electrons. The second kappa shape index (κ2) is 11.3. The van der Waals surface area contributed by atoms with Gasteiger partial charge in [-0.2, -0.15) is 7.06 Å². The lowest BCUT2D eigenvalue weighted by Crippen LogP contribution is -2.83. The van der Waals surface area contributed by atoms with Crippen molar-refractivity contribution < 1.29 is 0 Å². The summed E-state index contributed by atoms with van der Waals surface area (Å²) in [6.45, 7) is 0. The highest BCUT2D eigenvalue weighted by molar-refractivity contribution is 8.22. The Morgan fingerprint density at radius 2 is 0.870 bits per heavy atom. The summed E-state index contributed by atoms with van der Waals surface area (Å²) in [6.07, 6.45) is -4.82. The van der Waals surface area contributed by atoms with Crippen LogP contribution in [0.1, 0.15) is 0 Å². The Labute approximate surface area is 163 Å². The molecule has 0 N–H and O–H groups in total. The van der Waals surface area contributed by atoms with Crippen LogP contribution >= 0.6 is 0 Å². The van der Waals surface area contributed by atoms with E-state index in [1.54, 1.807) is 0 Å². The van der Waals surface area contributed by atoms with Crippen molar-refractivity contribution in [1.29, 1.82) is 0 Å². The Morgan fingerprint density at radius 3 is 1.09 bits per heavy atom. The molecular weight excluding hydrogens is 249 g/mol. The Hall–Kier alpha value is 1.49. The molecule has 0 aliphatic rings. The first-order valence-corrected chi connectivity index (χ1v) is 6.67. The molecule has 0 rings (SSSR count). The van der Waals surface area contributed by atoms with Crippen molar-refractivity contribution in [3.8, 4) is 0 Å². The van der Waals surface area contributed by atoms with Crippen molar-refractivity contribution in [2.75, 3.05) is 0 Å². The largest absolute Gasteiger partial charge is 0.158 e. The minimum Gasteiger partial charge on any atom is -0.158 e. The summed E-state index contributed by atoms with van der Waals surface area (Å²) in [5.41, 5.74) is 0. The van der Waals surface area contributed by atoms with Crippen LogP contribution in [0.2, 0.25) is 0 Å². The standard InChI is InChI=1S/B23H6/c1-13-19(12)22(18(10)11)23(20(14(2)3)15(4)5)21(16(6)7)17(8)9/h1-2H3/q-2. The number of rotatable bonds is 10. The molecule has 0 saturated carbocycles. The third-order valence-electron chi connectivity index (χ3n) is 3.78. The molecule has 23 heavy (non-hydrogen) atoms. The lowest BCUT2D eigenvalue weighted by molar-refractivity contribution is 3.30. The van der Waals surface area contributed by atoms with E-state index in [0.29, 0.717) is 0 Å². The molecule has 0 atom stereocenters. The lowest BCUT2D eigenvalue weighted by atomic mass is 8.36. The highest BCUT2D eigenvalue weighted by Crippen LogP contribution is 2.09. The van der Waals surface area contributed by atoms with Gasteiger partial charge in [0.25, 0.3) is 0 Å². The molecule has 0 aromatic carbocycles. The van der Waals surface area contributed by atoms with E-state index in [1.807, 2.05) is 0 Å². The van der Waals surface area contributed by atoms with Crippen molar-refractivity contribution in [3.05, 3.63) is 0 Å². The molecule has 23 heteroatoms. The van der Waals surface area contributed by atoms with Crippen molar-refractivity contribution in [3.63, 3.8) is 0 Å². The normalized spacial score (nSPS) is 9.30. The van der Waals surface area contributed by atoms with Crippen LogP contribution in [0.15, 0.2) is 0 Å². The molecule has 0 bridgehead atoms. The summed E-state index contributed by atoms with van der Waals surface area (Å²) >= 11 is 0. The fourth-order valence-electron chi connectivity index (χ4n) is 2.82. The third-order valence-corrected chi connectivity index (χ3v) is 3.78. The third kappa shape index (κ3) is 6.96. The van der Waals surface area contributed by atoms with E-state index in [1.165, 1.54) is 0 Å². The zero-order chi connectivity index (χ0) is 18.5. The molecule has 0 unspecified atom stereocenters. The maximum Gasteiger partial charge on any atom is -0.0000000126 e. The average Bonchev–Trinajstić information content (AvgIpc) is 2.36. The first-order chi connectivity index (χ1) is 10.5. The van der Waals surface area contributed by atoms with Crippen LogP contribution < -0.4 is 0 Å². The van der Waals surface area contributed by atoms with E-state index in [-0.39, 0.29) is 47.4 Å². The summed E-state index contributed by atoms with van der Waals surface area (Å²) < 4.78 is 0. The molecule has 0 heterocycles. The number of hydrogen-bond acceptors (Lipinski definition) is 0. The van der Waals surface area contributed by atoms with Crippen LogP contribution in [-0.2, 0) is 0 Å². The van der Waals surface area contributed by atoms with Gasteiger partial charge in [0.2, 0.25) is 0 Å². The van der Waals surface area contributed by atoms with Crippen molar-refractivity contribution in [1.82, 2.24) is 0 Å². The Kier molecular flexibility index (Phi) is 12.0. The Balaban J connectivity index is 6.12. The molecule has 0 nitrogen and oxygen atoms in total. The monoisotopic (exact) mass is 259 g/mol. The Bertz CT molecular complexity index is 261. The van der Waals surface area contributed by atoms with Crippen LogP contribution in [0.5, 0.6) is 0 Å². The Morgan fingerprint density at radius 1 is 0.522 bits per heavy atom. The van der Waals surface area contributed by atoms with Gasteiger partial charge in [0, 0.05) is 0 Å². The van der Waals surface area contributed by atoms with Crippen molar-refractivity contribution in [2.45, 2.75) is 0 Å². The molecule has 0 aromatic heterocycles. The molecule has 0 aliphatic carbocycles. The van der Waals surface area contributed by atoms with E-state index in [2.05, 4.69) is 7.06 Å². The summed E-state index contributed by atoms with van der Waals surface area (Å²) in [5.74, 6) is 0. The zero-order valence-electron chi connectivity index (χ0n) is 12.1. The lowest BCUT2D eigenvalue weighted by Gasteiger charge is -2.47. The molecule has 0 fully saturated rings. The van der Waals surface area contributed by atoms with Gasteiger partial charge in [-0.25, -0.2) is 0 Å². The van der Waals surface area contributed by atoms with Crippen LogP contribution in [0.3, 0.4) is 0 Å². The SMILES string of the molecule is [B]B([B])B(B([B])[B])B(B(B([B])[B])B([B])[BH3-])B(B([B])[B])B([B])[B][BH3-].